The lowest BCUT2D eigenvalue weighted by atomic mass is 10.0. The van der Waals surface area contributed by atoms with E-state index in [0.29, 0.717) is 24.1 Å². The number of fused-ring (bicyclic) bond motifs is 3. The van der Waals surface area contributed by atoms with Gasteiger partial charge in [-0.15, -0.1) is 0 Å². The zero-order valence-corrected chi connectivity index (χ0v) is 13.6. The van der Waals surface area contributed by atoms with Crippen molar-refractivity contribution in [2.45, 2.75) is 44.3 Å². The molecule has 132 valence electrons. The summed E-state index contributed by atoms with van der Waals surface area (Å²) >= 11 is 0. The van der Waals surface area contributed by atoms with Crippen LogP contribution in [0.25, 0.3) is 5.82 Å². The predicted octanol–water partition coefficient (Wildman–Crippen LogP) is 2.39. The van der Waals surface area contributed by atoms with Crippen molar-refractivity contribution in [1.82, 2.24) is 25.1 Å². The van der Waals surface area contributed by atoms with Gasteiger partial charge in [-0.2, -0.15) is 18.3 Å². The first-order valence-electron chi connectivity index (χ1n) is 7.96. The number of aromatic nitrogens is 4. The third-order valence-corrected chi connectivity index (χ3v) is 4.88. The number of amides is 1. The molecule has 0 saturated heterocycles. The second kappa shape index (κ2) is 5.03. The van der Waals surface area contributed by atoms with Crippen molar-refractivity contribution < 1.29 is 18.0 Å². The van der Waals surface area contributed by atoms with Crippen molar-refractivity contribution in [1.29, 1.82) is 0 Å². The van der Waals surface area contributed by atoms with Gasteiger partial charge < -0.3 is 5.32 Å². The first kappa shape index (κ1) is 16.0. The molecule has 25 heavy (non-hydrogen) atoms. The molecule has 0 bridgehead atoms. The summed E-state index contributed by atoms with van der Waals surface area (Å²) in [6.07, 6.45) is 1.66. The molecule has 4 rings (SSSR count). The Kier molecular flexibility index (Phi) is 3.23. The van der Waals surface area contributed by atoms with Crippen LogP contribution >= 0.6 is 0 Å². The summed E-state index contributed by atoms with van der Waals surface area (Å²) in [5.41, 5.74) is -0.692. The van der Waals surface area contributed by atoms with Gasteiger partial charge in [-0.1, -0.05) is 0 Å². The second-order valence-corrected chi connectivity index (χ2v) is 7.07. The van der Waals surface area contributed by atoms with Crippen LogP contribution in [0.1, 0.15) is 47.9 Å². The Morgan fingerprint density at radius 2 is 2.08 bits per heavy atom. The average molecular weight is 351 g/mol. The normalized spacial score (nSPS) is 21.6. The molecule has 0 radical (unpaired) electrons. The van der Waals surface area contributed by atoms with Gasteiger partial charge in [0.25, 0.3) is 5.91 Å². The summed E-state index contributed by atoms with van der Waals surface area (Å²) in [4.78, 5) is 20.7. The Labute approximate surface area is 141 Å². The van der Waals surface area contributed by atoms with Gasteiger partial charge in [0.05, 0.1) is 11.9 Å². The molecule has 9 heteroatoms. The number of hydrogen-bond donors (Lipinski definition) is 1. The van der Waals surface area contributed by atoms with Crippen LogP contribution in [0.15, 0.2) is 18.6 Å². The average Bonchev–Trinajstić information content (AvgIpc) is 3.02. The minimum atomic E-state index is -4.55. The number of nitrogens with zero attached hydrogens (tertiary/aromatic N) is 4. The highest BCUT2D eigenvalue weighted by Crippen LogP contribution is 2.57. The molecule has 2 atom stereocenters. The number of halogens is 3. The maximum Gasteiger partial charge on any atom is 0.410 e. The Hall–Kier alpha value is -2.45. The number of carbonyl (C=O) groups is 1. The lowest BCUT2D eigenvalue weighted by Crippen LogP contribution is -2.54. The highest BCUT2D eigenvalue weighted by molar-refractivity contribution is 5.95. The number of nitrogens with one attached hydrogen (secondary N) is 1. The fourth-order valence-corrected chi connectivity index (χ4v) is 3.29. The zero-order chi connectivity index (χ0) is 18.0. The van der Waals surface area contributed by atoms with Crippen molar-refractivity contribution >= 4 is 5.91 Å². The van der Waals surface area contributed by atoms with Gasteiger partial charge in [0, 0.05) is 23.9 Å². The summed E-state index contributed by atoms with van der Waals surface area (Å²) < 4.78 is 40.7. The van der Waals surface area contributed by atoms with Crippen LogP contribution in [-0.2, 0) is 6.42 Å². The Morgan fingerprint density at radius 3 is 2.72 bits per heavy atom. The maximum atomic E-state index is 13.1. The summed E-state index contributed by atoms with van der Waals surface area (Å²) in [5.74, 6) is 0.378. The van der Waals surface area contributed by atoms with E-state index < -0.39 is 17.6 Å². The van der Waals surface area contributed by atoms with Crippen LogP contribution in [-0.4, -0.2) is 37.4 Å². The van der Waals surface area contributed by atoms with Crippen molar-refractivity contribution in [3.63, 3.8) is 0 Å². The van der Waals surface area contributed by atoms with Gasteiger partial charge >= 0.3 is 6.18 Å². The fourth-order valence-electron chi connectivity index (χ4n) is 3.29. The molecule has 2 heterocycles. The van der Waals surface area contributed by atoms with Crippen LogP contribution in [0.3, 0.4) is 0 Å². The van der Waals surface area contributed by atoms with E-state index >= 15 is 0 Å². The molecule has 2 aromatic rings. The molecule has 2 aliphatic carbocycles. The number of rotatable bonds is 3. The lowest BCUT2D eigenvalue weighted by molar-refractivity contribution is -0.182. The van der Waals surface area contributed by atoms with Gasteiger partial charge in [-0.3, -0.25) is 9.78 Å². The summed E-state index contributed by atoms with van der Waals surface area (Å²) in [7, 11) is 0. The molecule has 0 spiro atoms. The molecule has 1 fully saturated rings. The van der Waals surface area contributed by atoms with Crippen LogP contribution in [0.2, 0.25) is 0 Å². The minimum Gasteiger partial charge on any atom is -0.337 e. The molecule has 2 aromatic heterocycles. The standard InChI is InChI=1S/C16H16F3N5O/c1-15(2,16(17,18)19)22-14(25)12-10-6-8-5-9(8)13(10)24(23-12)11-7-20-3-4-21-11/h3-4,7-9H,5-6H2,1-2H3,(H,22,25)/t8-,9-/m1/s1. The van der Waals surface area contributed by atoms with E-state index in [4.69, 9.17) is 0 Å². The van der Waals surface area contributed by atoms with E-state index in [0.717, 1.165) is 31.5 Å². The molecule has 1 N–H and O–H groups in total. The van der Waals surface area contributed by atoms with E-state index in [2.05, 4.69) is 20.4 Å². The molecule has 0 aromatic carbocycles. The summed E-state index contributed by atoms with van der Waals surface area (Å²) in [5, 5.41) is 6.34. The highest BCUT2D eigenvalue weighted by atomic mass is 19.4. The molecular weight excluding hydrogens is 335 g/mol. The first-order valence-corrected chi connectivity index (χ1v) is 7.96. The topological polar surface area (TPSA) is 72.7 Å². The summed E-state index contributed by atoms with van der Waals surface area (Å²) in [6, 6.07) is 0. The van der Waals surface area contributed by atoms with Crippen molar-refractivity contribution in [3.8, 4) is 5.82 Å². The van der Waals surface area contributed by atoms with E-state index in [1.54, 1.807) is 4.68 Å². The largest absolute Gasteiger partial charge is 0.410 e. The van der Waals surface area contributed by atoms with Gasteiger partial charge in [0.1, 0.15) is 5.54 Å². The first-order chi connectivity index (χ1) is 11.7. The van der Waals surface area contributed by atoms with Crippen LogP contribution in [0.5, 0.6) is 0 Å². The number of carbonyl (C=O) groups excluding carboxylic acids is 1. The van der Waals surface area contributed by atoms with Gasteiger partial charge in [-0.25, -0.2) is 9.67 Å². The number of hydrogen-bond acceptors (Lipinski definition) is 4. The molecule has 2 aliphatic rings. The molecule has 0 aliphatic heterocycles. The molecule has 0 unspecified atom stereocenters. The SMILES string of the molecule is CC(C)(NC(=O)c1nn(-c2cnccn2)c2c1C[C@H]1C[C@@H]21)C(F)(F)F. The molecule has 6 nitrogen and oxygen atoms in total. The Bertz CT molecular complexity index is 843. The second-order valence-electron chi connectivity index (χ2n) is 7.07. The van der Waals surface area contributed by atoms with E-state index in [1.165, 1.54) is 18.6 Å². The van der Waals surface area contributed by atoms with Gasteiger partial charge in [0.2, 0.25) is 0 Å². The maximum absolute atomic E-state index is 13.1. The van der Waals surface area contributed by atoms with Gasteiger partial charge in [-0.05, 0) is 32.6 Å². The number of alkyl halides is 3. The minimum absolute atomic E-state index is 0.0465. The van der Waals surface area contributed by atoms with Crippen LogP contribution in [0, 0.1) is 5.92 Å². The predicted molar refractivity (Wildman–Crippen MR) is 81.3 cm³/mol. The third-order valence-electron chi connectivity index (χ3n) is 4.88. The zero-order valence-electron chi connectivity index (χ0n) is 13.6. The molecular formula is C16H16F3N5O. The lowest BCUT2D eigenvalue weighted by Gasteiger charge is -2.28. The van der Waals surface area contributed by atoms with Crippen molar-refractivity contribution in [2.24, 2.45) is 5.92 Å². The fraction of sp³-hybridized carbons (Fsp3) is 0.500. The quantitative estimate of drug-likeness (QED) is 0.922. The highest BCUT2D eigenvalue weighted by Gasteiger charge is 2.52. The van der Waals surface area contributed by atoms with Crippen molar-refractivity contribution in [2.75, 3.05) is 0 Å². The van der Waals surface area contributed by atoms with Gasteiger partial charge in [0.15, 0.2) is 11.5 Å². The smallest absolute Gasteiger partial charge is 0.337 e. The van der Waals surface area contributed by atoms with Crippen LogP contribution in [0.4, 0.5) is 13.2 Å². The van der Waals surface area contributed by atoms with E-state index in [9.17, 15) is 18.0 Å². The monoisotopic (exact) mass is 351 g/mol. The third kappa shape index (κ3) is 2.49. The van der Waals surface area contributed by atoms with Crippen molar-refractivity contribution in [3.05, 3.63) is 35.5 Å². The Morgan fingerprint density at radius 1 is 1.32 bits per heavy atom. The van der Waals surface area contributed by atoms with Crippen LogP contribution < -0.4 is 5.32 Å². The van der Waals surface area contributed by atoms with E-state index in [-0.39, 0.29) is 5.69 Å². The molecule has 1 amide bonds. The molecule has 1 saturated carbocycles. The summed E-state index contributed by atoms with van der Waals surface area (Å²) in [6.45, 7) is 1.87. The Balaban J connectivity index is 1.72. The van der Waals surface area contributed by atoms with E-state index in [1.807, 2.05) is 0 Å².